The van der Waals surface area contributed by atoms with Crippen LogP contribution < -0.4 is 5.32 Å². The van der Waals surface area contributed by atoms with Crippen molar-refractivity contribution in [2.24, 2.45) is 0 Å². The van der Waals surface area contributed by atoms with Gasteiger partial charge in [-0.05, 0) is 35.9 Å². The fraction of sp³-hybridized carbons (Fsp3) is 0.0909. The number of benzene rings is 2. The average Bonchev–Trinajstić information content (AvgIpc) is 3.16. The lowest BCUT2D eigenvalue weighted by Gasteiger charge is -2.10. The second kappa shape index (κ2) is 9.56. The maximum absolute atomic E-state index is 12.4. The maximum atomic E-state index is 12.4. The number of nitrogens with zero attached hydrogens (tertiary/aromatic N) is 4. The summed E-state index contributed by atoms with van der Waals surface area (Å²) in [5.74, 6) is 0.802. The summed E-state index contributed by atoms with van der Waals surface area (Å²) < 4.78 is 2.02. The van der Waals surface area contributed by atoms with Crippen LogP contribution >= 0.6 is 23.4 Å². The molecule has 0 bridgehead atoms. The first-order valence-electron chi connectivity index (χ1n) is 9.25. The van der Waals surface area contributed by atoms with Gasteiger partial charge in [0, 0.05) is 28.7 Å². The second-order valence-corrected chi connectivity index (χ2v) is 7.84. The van der Waals surface area contributed by atoms with Gasteiger partial charge < -0.3 is 5.32 Å². The molecule has 4 rings (SSSR count). The zero-order chi connectivity index (χ0) is 20.8. The first-order valence-corrected chi connectivity index (χ1v) is 10.6. The van der Waals surface area contributed by atoms with Gasteiger partial charge in [0.05, 0.1) is 12.3 Å². The van der Waals surface area contributed by atoms with Gasteiger partial charge in [0.15, 0.2) is 11.0 Å². The van der Waals surface area contributed by atoms with Crippen LogP contribution in [-0.4, -0.2) is 31.4 Å². The van der Waals surface area contributed by atoms with E-state index in [1.807, 2.05) is 34.9 Å². The zero-order valence-corrected chi connectivity index (χ0v) is 17.5. The Morgan fingerprint density at radius 3 is 2.57 bits per heavy atom. The topological polar surface area (TPSA) is 72.7 Å². The van der Waals surface area contributed by atoms with Gasteiger partial charge in [-0.1, -0.05) is 59.8 Å². The third-order valence-corrected chi connectivity index (χ3v) is 5.48. The van der Waals surface area contributed by atoms with Crippen LogP contribution in [0.5, 0.6) is 0 Å². The predicted molar refractivity (Wildman–Crippen MR) is 120 cm³/mol. The SMILES string of the molecule is O=C(CSc1nnc(-c2ccncc2)n1Cc1ccccc1)Nc1cccc(Cl)c1. The van der Waals surface area contributed by atoms with Gasteiger partial charge in [0.25, 0.3) is 0 Å². The molecule has 4 aromatic rings. The highest BCUT2D eigenvalue weighted by Crippen LogP contribution is 2.25. The highest BCUT2D eigenvalue weighted by Gasteiger charge is 2.16. The van der Waals surface area contributed by atoms with Crippen molar-refractivity contribution in [3.05, 3.63) is 89.7 Å². The van der Waals surface area contributed by atoms with E-state index in [1.54, 1.807) is 36.7 Å². The number of amides is 1. The number of nitrogens with one attached hydrogen (secondary N) is 1. The number of carbonyl (C=O) groups excluding carboxylic acids is 1. The molecule has 1 amide bonds. The van der Waals surface area contributed by atoms with Gasteiger partial charge in [-0.25, -0.2) is 0 Å². The second-order valence-electron chi connectivity index (χ2n) is 6.46. The normalized spacial score (nSPS) is 10.7. The predicted octanol–water partition coefficient (Wildman–Crippen LogP) is 4.77. The van der Waals surface area contributed by atoms with E-state index in [1.165, 1.54) is 11.8 Å². The Kier molecular flexibility index (Phi) is 6.41. The van der Waals surface area contributed by atoms with Crippen molar-refractivity contribution >= 4 is 35.0 Å². The summed E-state index contributed by atoms with van der Waals surface area (Å²) in [4.78, 5) is 16.5. The molecular formula is C22H18ClN5OS. The van der Waals surface area contributed by atoms with E-state index in [4.69, 9.17) is 11.6 Å². The molecule has 0 unspecified atom stereocenters. The maximum Gasteiger partial charge on any atom is 0.234 e. The molecule has 150 valence electrons. The zero-order valence-electron chi connectivity index (χ0n) is 15.9. The number of carbonyl (C=O) groups is 1. The van der Waals surface area contributed by atoms with E-state index in [0.29, 0.717) is 22.4 Å². The van der Waals surface area contributed by atoms with E-state index >= 15 is 0 Å². The number of rotatable bonds is 7. The molecule has 0 aliphatic carbocycles. The van der Waals surface area contributed by atoms with Crippen LogP contribution in [0.1, 0.15) is 5.56 Å². The van der Waals surface area contributed by atoms with Crippen LogP contribution in [0.25, 0.3) is 11.4 Å². The van der Waals surface area contributed by atoms with Crippen molar-refractivity contribution in [1.29, 1.82) is 0 Å². The first-order chi connectivity index (χ1) is 14.7. The van der Waals surface area contributed by atoms with Gasteiger partial charge in [0.1, 0.15) is 0 Å². The molecule has 2 aromatic heterocycles. The number of thioether (sulfide) groups is 1. The van der Waals surface area contributed by atoms with Crippen molar-refractivity contribution in [2.45, 2.75) is 11.7 Å². The van der Waals surface area contributed by atoms with Crippen LogP contribution in [0.15, 0.2) is 84.3 Å². The van der Waals surface area contributed by atoms with Crippen molar-refractivity contribution in [3.63, 3.8) is 0 Å². The average molecular weight is 436 g/mol. The number of halogens is 1. The Hall–Kier alpha value is -3.16. The standard InChI is InChI=1S/C22H18ClN5OS/c23-18-7-4-8-19(13-18)25-20(29)15-30-22-27-26-21(17-9-11-24-12-10-17)28(22)14-16-5-2-1-3-6-16/h1-13H,14-15H2,(H,25,29). The number of hydrogen-bond acceptors (Lipinski definition) is 5. The molecule has 0 aliphatic heterocycles. The summed E-state index contributed by atoms with van der Waals surface area (Å²) in [6.45, 7) is 0.601. The molecular weight excluding hydrogens is 418 g/mol. The molecule has 0 saturated heterocycles. The molecule has 30 heavy (non-hydrogen) atoms. The van der Waals surface area contributed by atoms with E-state index < -0.39 is 0 Å². The third-order valence-electron chi connectivity index (χ3n) is 4.28. The Morgan fingerprint density at radius 1 is 1.00 bits per heavy atom. The van der Waals surface area contributed by atoms with E-state index in [-0.39, 0.29) is 11.7 Å². The summed E-state index contributed by atoms with van der Waals surface area (Å²) >= 11 is 7.32. The van der Waals surface area contributed by atoms with Gasteiger partial charge in [-0.15, -0.1) is 10.2 Å². The van der Waals surface area contributed by atoms with Crippen LogP contribution in [0.3, 0.4) is 0 Å². The number of pyridine rings is 1. The molecule has 6 nitrogen and oxygen atoms in total. The van der Waals surface area contributed by atoms with Gasteiger partial charge in [0.2, 0.25) is 5.91 Å². The minimum Gasteiger partial charge on any atom is -0.325 e. The minimum absolute atomic E-state index is 0.137. The summed E-state index contributed by atoms with van der Waals surface area (Å²) in [6.07, 6.45) is 3.45. The third kappa shape index (κ3) is 5.06. The minimum atomic E-state index is -0.137. The van der Waals surface area contributed by atoms with Gasteiger partial charge in [-0.2, -0.15) is 0 Å². The Labute approximate surface area is 183 Å². The Morgan fingerprint density at radius 2 is 1.80 bits per heavy atom. The van der Waals surface area contributed by atoms with Gasteiger partial charge in [-0.3, -0.25) is 14.3 Å². The molecule has 0 radical (unpaired) electrons. The summed E-state index contributed by atoms with van der Waals surface area (Å²) in [5.41, 5.74) is 2.71. The van der Waals surface area contributed by atoms with E-state index in [0.717, 1.165) is 17.0 Å². The number of anilines is 1. The Balaban J connectivity index is 1.53. The molecule has 2 heterocycles. The molecule has 0 fully saturated rings. The summed E-state index contributed by atoms with van der Waals surface area (Å²) in [5, 5.41) is 12.8. The number of aromatic nitrogens is 4. The smallest absolute Gasteiger partial charge is 0.234 e. The molecule has 0 atom stereocenters. The first kappa shape index (κ1) is 20.1. The van der Waals surface area contributed by atoms with Crippen LogP contribution in [-0.2, 0) is 11.3 Å². The lowest BCUT2D eigenvalue weighted by molar-refractivity contribution is -0.113. The van der Waals surface area contributed by atoms with E-state index in [2.05, 4.69) is 32.6 Å². The fourth-order valence-electron chi connectivity index (χ4n) is 2.91. The molecule has 0 aliphatic rings. The quantitative estimate of drug-likeness (QED) is 0.423. The van der Waals surface area contributed by atoms with Crippen LogP contribution in [0, 0.1) is 0 Å². The molecule has 1 N–H and O–H groups in total. The van der Waals surface area contributed by atoms with Gasteiger partial charge >= 0.3 is 0 Å². The van der Waals surface area contributed by atoms with Crippen molar-refractivity contribution in [2.75, 3.05) is 11.1 Å². The molecule has 2 aromatic carbocycles. The molecule has 0 saturated carbocycles. The fourth-order valence-corrected chi connectivity index (χ4v) is 3.84. The van der Waals surface area contributed by atoms with Crippen LogP contribution in [0.2, 0.25) is 5.02 Å². The lowest BCUT2D eigenvalue weighted by atomic mass is 10.2. The number of hydrogen-bond donors (Lipinski definition) is 1. The summed E-state index contributed by atoms with van der Waals surface area (Å²) in [7, 11) is 0. The van der Waals surface area contributed by atoms with E-state index in [9.17, 15) is 4.79 Å². The Bertz CT molecular complexity index is 1130. The van der Waals surface area contributed by atoms with Crippen molar-refractivity contribution in [3.8, 4) is 11.4 Å². The lowest BCUT2D eigenvalue weighted by Crippen LogP contribution is -2.14. The molecule has 0 spiro atoms. The molecule has 8 heteroatoms. The van der Waals surface area contributed by atoms with Crippen molar-refractivity contribution < 1.29 is 4.79 Å². The summed E-state index contributed by atoms with van der Waals surface area (Å²) in [6, 6.07) is 20.9. The highest BCUT2D eigenvalue weighted by atomic mass is 35.5. The van der Waals surface area contributed by atoms with Crippen LogP contribution in [0.4, 0.5) is 5.69 Å². The van der Waals surface area contributed by atoms with Crippen molar-refractivity contribution in [1.82, 2.24) is 19.7 Å². The highest BCUT2D eigenvalue weighted by molar-refractivity contribution is 7.99. The largest absolute Gasteiger partial charge is 0.325 e. The monoisotopic (exact) mass is 435 g/mol.